The van der Waals surface area contributed by atoms with Crippen LogP contribution in [-0.2, 0) is 14.3 Å². The van der Waals surface area contributed by atoms with E-state index in [1.807, 2.05) is 6.92 Å². The summed E-state index contributed by atoms with van der Waals surface area (Å²) < 4.78 is 5.19. The van der Waals surface area contributed by atoms with Crippen molar-refractivity contribution in [2.45, 2.75) is 32.2 Å². The van der Waals surface area contributed by atoms with Crippen LogP contribution >= 0.6 is 12.8 Å². The summed E-state index contributed by atoms with van der Waals surface area (Å²) in [5.41, 5.74) is -0.845. The molecule has 1 saturated heterocycles. The Morgan fingerprint density at radius 2 is 1.95 bits per heavy atom. The average molecular weight is 304 g/mol. The smallest absolute Gasteiger partial charge is 0.396 e. The van der Waals surface area contributed by atoms with E-state index in [-0.39, 0.29) is 13.2 Å². The van der Waals surface area contributed by atoms with Gasteiger partial charge in [-0.15, -0.1) is 0 Å². The van der Waals surface area contributed by atoms with Gasteiger partial charge in [0.05, 0.1) is 39.1 Å². The van der Waals surface area contributed by atoms with Crippen molar-refractivity contribution in [2.24, 2.45) is 5.18 Å². The number of ether oxygens (including phenoxy) is 1. The first-order chi connectivity index (χ1) is 9.40. The number of carbonyl (C=O) groups is 2. The number of amides is 1. The maximum Gasteiger partial charge on any atom is 0.396 e. The number of thiol groups is 1. The molecule has 0 radical (unpaired) electrons. The summed E-state index contributed by atoms with van der Waals surface area (Å²) in [6.07, 6.45) is 1.08. The van der Waals surface area contributed by atoms with Gasteiger partial charge in [0.1, 0.15) is 5.54 Å². The molecule has 1 rings (SSSR count). The summed E-state index contributed by atoms with van der Waals surface area (Å²) in [6, 6.07) is 0. The fraction of sp³-hybridized carbons (Fsp3) is 0.833. The lowest BCUT2D eigenvalue weighted by Gasteiger charge is -2.40. The molecule has 0 aromatic carbocycles. The molecule has 0 aliphatic carbocycles. The minimum absolute atomic E-state index is 0.0612. The number of quaternary nitrogens is 1. The predicted octanol–water partition coefficient (Wildman–Crippen LogP) is 0.646. The summed E-state index contributed by atoms with van der Waals surface area (Å²) in [4.78, 5) is 33.8. The zero-order valence-corrected chi connectivity index (χ0v) is 12.8. The van der Waals surface area contributed by atoms with Gasteiger partial charge in [0, 0.05) is 19.4 Å². The number of hydrogen-bond donors (Lipinski definition) is 2. The molecule has 0 spiro atoms. The Hall–Kier alpha value is -1.15. The maximum absolute atomic E-state index is 11.5. The van der Waals surface area contributed by atoms with Gasteiger partial charge in [0.15, 0.2) is 0 Å². The van der Waals surface area contributed by atoms with Gasteiger partial charge >= 0.3 is 11.9 Å². The number of esters is 1. The van der Waals surface area contributed by atoms with Crippen molar-refractivity contribution in [2.75, 3.05) is 32.8 Å². The van der Waals surface area contributed by atoms with Gasteiger partial charge in [-0.05, 0) is 13.8 Å². The van der Waals surface area contributed by atoms with Gasteiger partial charge in [0.25, 0.3) is 0 Å². The van der Waals surface area contributed by atoms with Gasteiger partial charge in [-0.25, -0.2) is 4.79 Å². The highest BCUT2D eigenvalue weighted by molar-refractivity contribution is 7.74. The molecule has 0 bridgehead atoms. The van der Waals surface area contributed by atoms with E-state index in [4.69, 9.17) is 0 Å². The van der Waals surface area contributed by atoms with Crippen molar-refractivity contribution in [3.05, 3.63) is 4.91 Å². The average Bonchev–Trinajstić information content (AvgIpc) is 2.47. The Morgan fingerprint density at radius 1 is 1.35 bits per heavy atom. The number of likely N-dealkylation sites (tertiary alicyclic amines) is 1. The third kappa shape index (κ3) is 4.17. The fourth-order valence-corrected chi connectivity index (χ4v) is 2.40. The molecule has 0 atom stereocenters. The minimum atomic E-state index is -0.933. The normalized spacial score (nSPS) is 29.6. The summed E-state index contributed by atoms with van der Waals surface area (Å²) in [7, 11) is 0. The Labute approximate surface area is 124 Å². The highest BCUT2D eigenvalue weighted by atomic mass is 32.1. The second-order valence-electron chi connectivity index (χ2n) is 5.08. The third-order valence-electron chi connectivity index (χ3n) is 3.81. The van der Waals surface area contributed by atoms with Crippen molar-refractivity contribution < 1.29 is 18.2 Å². The number of rotatable bonds is 5. The summed E-state index contributed by atoms with van der Waals surface area (Å²) >= 11 is 4.57. The number of hydrogen-bond acceptors (Lipinski definition) is 6. The number of nitroso groups, excluding NO2 is 1. The molecule has 0 unspecified atom stereocenters. The van der Waals surface area contributed by atoms with E-state index in [0.29, 0.717) is 29.8 Å². The summed E-state index contributed by atoms with van der Waals surface area (Å²) in [6.45, 7) is 6.15. The van der Waals surface area contributed by atoms with Crippen LogP contribution in [0.2, 0.25) is 0 Å². The van der Waals surface area contributed by atoms with Gasteiger partial charge in [0.2, 0.25) is 0 Å². The van der Waals surface area contributed by atoms with E-state index in [2.05, 4.69) is 28.0 Å². The Kier molecular flexibility index (Phi) is 5.94. The monoisotopic (exact) mass is 304 g/mol. The van der Waals surface area contributed by atoms with E-state index >= 15 is 0 Å². The first-order valence-electron chi connectivity index (χ1n) is 6.78. The van der Waals surface area contributed by atoms with Crippen LogP contribution in [0.4, 0.5) is 0 Å². The van der Waals surface area contributed by atoms with E-state index < -0.39 is 17.4 Å². The zero-order chi connectivity index (χ0) is 15.2. The summed E-state index contributed by atoms with van der Waals surface area (Å²) in [5, 5.41) is 5.63. The molecule has 1 amide bonds. The third-order valence-corrected chi connectivity index (χ3v) is 4.49. The van der Waals surface area contributed by atoms with E-state index in [1.165, 1.54) is 0 Å². The molecule has 1 aliphatic rings. The van der Waals surface area contributed by atoms with Crippen molar-refractivity contribution in [1.82, 2.24) is 5.32 Å². The lowest BCUT2D eigenvalue weighted by molar-refractivity contribution is -0.797. The lowest BCUT2D eigenvalue weighted by Crippen LogP contribution is -2.55. The van der Waals surface area contributed by atoms with Crippen LogP contribution in [0, 0.1) is 4.91 Å². The Bertz CT molecular complexity index is 381. The number of nitrogens with zero attached hydrogens (tertiary/aromatic N) is 2. The number of piperidine rings is 1. The molecule has 20 heavy (non-hydrogen) atoms. The van der Waals surface area contributed by atoms with Crippen LogP contribution in [0.5, 0.6) is 0 Å². The van der Waals surface area contributed by atoms with Crippen LogP contribution in [0.25, 0.3) is 0 Å². The SMILES string of the molecule is CCOC(=O)C(=O)NCC1(N=O)CC[N+](S)(CC)CC1. The largest absolute Gasteiger partial charge is 0.459 e. The fourth-order valence-electron chi connectivity index (χ4n) is 2.20. The first-order valence-corrected chi connectivity index (χ1v) is 7.18. The molecule has 0 saturated carbocycles. The van der Waals surface area contributed by atoms with Crippen LogP contribution in [-0.4, -0.2) is 54.1 Å². The van der Waals surface area contributed by atoms with Gasteiger partial charge < -0.3 is 10.1 Å². The predicted molar refractivity (Wildman–Crippen MR) is 76.9 cm³/mol. The first kappa shape index (κ1) is 16.9. The maximum atomic E-state index is 11.5. The van der Waals surface area contributed by atoms with Crippen LogP contribution in [0.1, 0.15) is 26.7 Å². The molecule has 1 fully saturated rings. The lowest BCUT2D eigenvalue weighted by atomic mass is 9.88. The molecular formula is C12H22N3O4S+. The number of nitrogens with one attached hydrogen (secondary N) is 1. The zero-order valence-electron chi connectivity index (χ0n) is 11.9. The molecule has 0 aromatic heterocycles. The highest BCUT2D eigenvalue weighted by Gasteiger charge is 2.42. The Balaban J connectivity index is 2.54. The van der Waals surface area contributed by atoms with E-state index in [1.54, 1.807) is 6.92 Å². The van der Waals surface area contributed by atoms with Crippen LogP contribution < -0.4 is 5.32 Å². The van der Waals surface area contributed by atoms with Crippen molar-refractivity contribution >= 4 is 24.7 Å². The Morgan fingerprint density at radius 3 is 2.40 bits per heavy atom. The van der Waals surface area contributed by atoms with Crippen LogP contribution in [0.3, 0.4) is 0 Å². The van der Waals surface area contributed by atoms with Crippen molar-refractivity contribution in [3.63, 3.8) is 0 Å². The second kappa shape index (κ2) is 7.03. The van der Waals surface area contributed by atoms with Gasteiger partial charge in [-0.3, -0.25) is 8.68 Å². The molecule has 1 N–H and O–H groups in total. The van der Waals surface area contributed by atoms with Gasteiger partial charge in [-0.1, -0.05) is 5.18 Å². The highest BCUT2D eigenvalue weighted by Crippen LogP contribution is 2.31. The number of carbonyl (C=O) groups excluding carboxylic acids is 2. The van der Waals surface area contributed by atoms with Crippen molar-refractivity contribution in [1.29, 1.82) is 0 Å². The second-order valence-corrected chi connectivity index (χ2v) is 5.93. The molecule has 1 aliphatic heterocycles. The molecule has 8 heteroatoms. The van der Waals surface area contributed by atoms with Crippen LogP contribution in [0.15, 0.2) is 5.18 Å². The molecule has 7 nitrogen and oxygen atoms in total. The van der Waals surface area contributed by atoms with Gasteiger partial charge in [-0.2, -0.15) is 4.91 Å². The minimum Gasteiger partial charge on any atom is -0.459 e. The molecule has 0 aromatic rings. The standard InChI is InChI=1S/C12H21N3O4S/c1-3-15(20)7-5-12(14-18,6-8-15)9-13-10(16)11(17)19-4-2/h20H,3-9H2,1-2H3/p+1. The van der Waals surface area contributed by atoms with E-state index in [0.717, 1.165) is 6.54 Å². The molecular weight excluding hydrogens is 282 g/mol. The molecule has 1 heterocycles. The molecule has 114 valence electrons. The van der Waals surface area contributed by atoms with E-state index in [9.17, 15) is 14.5 Å². The summed E-state index contributed by atoms with van der Waals surface area (Å²) in [5.74, 6) is -1.76. The topological polar surface area (TPSA) is 84.8 Å². The van der Waals surface area contributed by atoms with Crippen molar-refractivity contribution in [3.8, 4) is 0 Å². The quantitative estimate of drug-likeness (QED) is 0.257.